The molecule has 1 saturated heterocycles. The summed E-state index contributed by atoms with van der Waals surface area (Å²) in [6.07, 6.45) is 7.58. The number of fused-ring (bicyclic) bond motifs is 1. The third-order valence-electron chi connectivity index (χ3n) is 3.70. The van der Waals surface area contributed by atoms with Crippen molar-refractivity contribution in [3.8, 4) is 0 Å². The van der Waals surface area contributed by atoms with Crippen LogP contribution in [0.2, 0.25) is 0 Å². The van der Waals surface area contributed by atoms with Crippen molar-refractivity contribution in [3.63, 3.8) is 0 Å². The fraction of sp³-hybridized carbons (Fsp3) is 0.533. The first-order valence-corrected chi connectivity index (χ1v) is 7.40. The Morgan fingerprint density at radius 1 is 1.52 bits per heavy atom. The lowest BCUT2D eigenvalue weighted by molar-refractivity contribution is -0.121. The van der Waals surface area contributed by atoms with E-state index in [9.17, 15) is 4.79 Å². The molecule has 6 heteroatoms. The second kappa shape index (κ2) is 6.22. The van der Waals surface area contributed by atoms with Crippen molar-refractivity contribution < 1.29 is 9.53 Å². The van der Waals surface area contributed by atoms with E-state index in [2.05, 4.69) is 15.3 Å². The zero-order valence-electron chi connectivity index (χ0n) is 12.2. The van der Waals surface area contributed by atoms with Gasteiger partial charge in [0.15, 0.2) is 0 Å². The van der Waals surface area contributed by atoms with Crippen molar-refractivity contribution in [2.45, 2.75) is 45.3 Å². The third-order valence-corrected chi connectivity index (χ3v) is 3.70. The third kappa shape index (κ3) is 3.58. The Labute approximate surface area is 123 Å². The first-order valence-electron chi connectivity index (χ1n) is 7.40. The van der Waals surface area contributed by atoms with Gasteiger partial charge in [0, 0.05) is 31.1 Å². The number of imidazole rings is 1. The molecule has 0 aliphatic carbocycles. The van der Waals surface area contributed by atoms with E-state index in [1.54, 1.807) is 0 Å². The van der Waals surface area contributed by atoms with Gasteiger partial charge < -0.3 is 10.1 Å². The van der Waals surface area contributed by atoms with Gasteiger partial charge >= 0.3 is 0 Å². The lowest BCUT2D eigenvalue weighted by Gasteiger charge is -2.08. The van der Waals surface area contributed by atoms with E-state index in [4.69, 9.17) is 4.74 Å². The van der Waals surface area contributed by atoms with Crippen molar-refractivity contribution in [3.05, 3.63) is 29.8 Å². The molecule has 1 aliphatic heterocycles. The normalized spacial score (nSPS) is 18.2. The van der Waals surface area contributed by atoms with Crippen molar-refractivity contribution in [1.82, 2.24) is 19.7 Å². The van der Waals surface area contributed by atoms with Crippen LogP contribution in [-0.2, 0) is 16.1 Å². The highest BCUT2D eigenvalue weighted by Gasteiger charge is 2.16. The highest BCUT2D eigenvalue weighted by Crippen LogP contribution is 2.16. The molecule has 0 radical (unpaired) electrons. The Morgan fingerprint density at radius 2 is 2.43 bits per heavy atom. The molecule has 1 amide bonds. The summed E-state index contributed by atoms with van der Waals surface area (Å²) in [5.74, 6) is 0.713. The Kier molecular flexibility index (Phi) is 4.15. The van der Waals surface area contributed by atoms with Crippen LogP contribution in [0.5, 0.6) is 0 Å². The predicted octanol–water partition coefficient (Wildman–Crippen LogP) is 1.61. The van der Waals surface area contributed by atoms with Gasteiger partial charge in [-0.05, 0) is 32.3 Å². The van der Waals surface area contributed by atoms with Crippen LogP contribution in [0.25, 0.3) is 5.78 Å². The Hall–Kier alpha value is -1.95. The van der Waals surface area contributed by atoms with Gasteiger partial charge in [-0.15, -0.1) is 0 Å². The molecule has 3 rings (SSSR count). The number of rotatable bonds is 5. The summed E-state index contributed by atoms with van der Waals surface area (Å²) in [7, 11) is 0. The number of carbonyl (C=O) groups is 1. The topological polar surface area (TPSA) is 68.5 Å². The highest BCUT2D eigenvalue weighted by atomic mass is 16.5. The number of carbonyl (C=O) groups excluding carboxylic acids is 1. The van der Waals surface area contributed by atoms with Gasteiger partial charge in [0.1, 0.15) is 0 Å². The van der Waals surface area contributed by atoms with Gasteiger partial charge in [-0.25, -0.2) is 9.97 Å². The standard InChI is InChI=1S/C15H20N4O2/c1-11-6-7-19-10-12(18-15(19)17-11)9-16-14(20)5-4-13-3-2-8-21-13/h6-7,10,13H,2-5,8-9H2,1H3,(H,16,20)/t13-/m1/s1. The molecule has 0 bridgehead atoms. The van der Waals surface area contributed by atoms with Crippen molar-refractivity contribution in [2.75, 3.05) is 6.61 Å². The molecule has 21 heavy (non-hydrogen) atoms. The number of aromatic nitrogens is 3. The van der Waals surface area contributed by atoms with Crippen molar-refractivity contribution in [2.24, 2.45) is 0 Å². The van der Waals surface area contributed by atoms with Gasteiger partial charge in [0.05, 0.1) is 18.3 Å². The molecular weight excluding hydrogens is 268 g/mol. The fourth-order valence-electron chi connectivity index (χ4n) is 2.54. The van der Waals surface area contributed by atoms with Gasteiger partial charge in [-0.1, -0.05) is 0 Å². The lowest BCUT2D eigenvalue weighted by Crippen LogP contribution is -2.24. The largest absolute Gasteiger partial charge is 0.378 e. The second-order valence-electron chi connectivity index (χ2n) is 5.46. The molecule has 0 saturated carbocycles. The molecule has 1 N–H and O–H groups in total. The average Bonchev–Trinajstić information content (AvgIpc) is 3.11. The molecule has 0 spiro atoms. The molecule has 1 aliphatic rings. The number of nitrogens with zero attached hydrogens (tertiary/aromatic N) is 3. The predicted molar refractivity (Wildman–Crippen MR) is 77.8 cm³/mol. The summed E-state index contributed by atoms with van der Waals surface area (Å²) in [4.78, 5) is 20.6. The quantitative estimate of drug-likeness (QED) is 0.907. The second-order valence-corrected chi connectivity index (χ2v) is 5.46. The number of hydrogen-bond donors (Lipinski definition) is 1. The van der Waals surface area contributed by atoms with Crippen LogP contribution in [-0.4, -0.2) is 33.0 Å². The molecule has 6 nitrogen and oxygen atoms in total. The number of amides is 1. The summed E-state index contributed by atoms with van der Waals surface area (Å²) < 4.78 is 7.38. The van der Waals surface area contributed by atoms with Crippen molar-refractivity contribution >= 4 is 11.7 Å². The maximum atomic E-state index is 11.8. The lowest BCUT2D eigenvalue weighted by atomic mass is 10.1. The molecule has 2 aromatic rings. The monoisotopic (exact) mass is 288 g/mol. The van der Waals surface area contributed by atoms with Gasteiger partial charge in [0.2, 0.25) is 11.7 Å². The molecular formula is C15H20N4O2. The summed E-state index contributed by atoms with van der Waals surface area (Å²) >= 11 is 0. The highest BCUT2D eigenvalue weighted by molar-refractivity contribution is 5.75. The maximum absolute atomic E-state index is 11.8. The number of nitrogens with one attached hydrogen (secondary N) is 1. The van der Waals surface area contributed by atoms with E-state index in [1.807, 2.05) is 29.8 Å². The van der Waals surface area contributed by atoms with Gasteiger partial charge in [0.25, 0.3) is 0 Å². The molecule has 0 unspecified atom stereocenters. The van der Waals surface area contributed by atoms with E-state index in [-0.39, 0.29) is 12.0 Å². The van der Waals surface area contributed by atoms with Crippen LogP contribution in [0, 0.1) is 6.92 Å². The molecule has 2 aromatic heterocycles. The van der Waals surface area contributed by atoms with Crippen LogP contribution < -0.4 is 5.32 Å². The van der Waals surface area contributed by atoms with Crippen molar-refractivity contribution in [1.29, 1.82) is 0 Å². The first-order chi connectivity index (χ1) is 10.2. The Bertz CT molecular complexity index is 632. The van der Waals surface area contributed by atoms with Gasteiger partial charge in [-0.3, -0.25) is 9.20 Å². The van der Waals surface area contributed by atoms with Crippen LogP contribution in [0.15, 0.2) is 18.5 Å². The summed E-state index contributed by atoms with van der Waals surface area (Å²) in [5.41, 5.74) is 1.75. The van der Waals surface area contributed by atoms with E-state index in [1.165, 1.54) is 0 Å². The maximum Gasteiger partial charge on any atom is 0.234 e. The van der Waals surface area contributed by atoms with E-state index in [0.29, 0.717) is 18.7 Å². The zero-order valence-corrected chi connectivity index (χ0v) is 12.2. The molecule has 3 heterocycles. The van der Waals surface area contributed by atoms with Gasteiger partial charge in [-0.2, -0.15) is 0 Å². The van der Waals surface area contributed by atoms with Crippen LogP contribution in [0.1, 0.15) is 37.1 Å². The molecule has 1 fully saturated rings. The Morgan fingerprint density at radius 3 is 3.24 bits per heavy atom. The smallest absolute Gasteiger partial charge is 0.234 e. The summed E-state index contributed by atoms with van der Waals surface area (Å²) in [5, 5.41) is 2.90. The number of aryl methyl sites for hydroxylation is 1. The molecule has 0 aromatic carbocycles. The van der Waals surface area contributed by atoms with Crippen LogP contribution in [0.4, 0.5) is 0 Å². The fourth-order valence-corrected chi connectivity index (χ4v) is 2.54. The zero-order chi connectivity index (χ0) is 14.7. The molecule has 112 valence electrons. The SMILES string of the molecule is Cc1ccn2cc(CNC(=O)CC[C@H]3CCCO3)nc2n1. The Balaban J connectivity index is 1.49. The first kappa shape index (κ1) is 14.0. The van der Waals surface area contributed by atoms with E-state index in [0.717, 1.165) is 37.3 Å². The molecule has 1 atom stereocenters. The minimum absolute atomic E-state index is 0.0479. The number of hydrogen-bond acceptors (Lipinski definition) is 4. The summed E-state index contributed by atoms with van der Waals surface area (Å²) in [6.45, 7) is 3.20. The minimum Gasteiger partial charge on any atom is -0.378 e. The average molecular weight is 288 g/mol. The van der Waals surface area contributed by atoms with E-state index >= 15 is 0 Å². The minimum atomic E-state index is 0.0479. The van der Waals surface area contributed by atoms with Crippen LogP contribution in [0.3, 0.4) is 0 Å². The number of ether oxygens (including phenoxy) is 1. The van der Waals surface area contributed by atoms with E-state index < -0.39 is 0 Å². The van der Waals surface area contributed by atoms with Crippen LogP contribution >= 0.6 is 0 Å². The summed E-state index contributed by atoms with van der Waals surface area (Å²) in [6, 6.07) is 1.93.